The predicted molar refractivity (Wildman–Crippen MR) is 119 cm³/mol. The largest absolute Gasteiger partial charge is 0.492 e. The zero-order valence-electron chi connectivity index (χ0n) is 18.0. The van der Waals surface area contributed by atoms with Crippen LogP contribution in [0.25, 0.3) is 16.5 Å². The molecule has 5 rings (SSSR count). The number of rotatable bonds is 6. The predicted octanol–water partition coefficient (Wildman–Crippen LogP) is 4.26. The SMILES string of the molecule is CCOC(=O)C1CCN(C(c2ccccc2F)c2sc3nc(-c4ccco4)nn3c2O)CC1. The molecule has 4 heterocycles. The molecule has 1 saturated heterocycles. The highest BCUT2D eigenvalue weighted by Gasteiger charge is 2.35. The molecule has 0 spiro atoms. The van der Waals surface area contributed by atoms with Gasteiger partial charge in [0, 0.05) is 5.56 Å². The van der Waals surface area contributed by atoms with E-state index in [-0.39, 0.29) is 23.6 Å². The minimum Gasteiger partial charge on any atom is -0.492 e. The molecule has 1 aliphatic heterocycles. The van der Waals surface area contributed by atoms with E-state index < -0.39 is 6.04 Å². The van der Waals surface area contributed by atoms with Crippen molar-refractivity contribution >= 4 is 22.3 Å². The summed E-state index contributed by atoms with van der Waals surface area (Å²) in [5.41, 5.74) is 0.457. The van der Waals surface area contributed by atoms with Gasteiger partial charge in [0.25, 0.3) is 0 Å². The van der Waals surface area contributed by atoms with E-state index in [1.807, 2.05) is 0 Å². The van der Waals surface area contributed by atoms with Gasteiger partial charge in [-0.25, -0.2) is 4.39 Å². The van der Waals surface area contributed by atoms with Crippen molar-refractivity contribution in [3.63, 3.8) is 0 Å². The van der Waals surface area contributed by atoms with E-state index in [9.17, 15) is 14.3 Å². The van der Waals surface area contributed by atoms with E-state index in [0.29, 0.717) is 59.5 Å². The first kappa shape index (κ1) is 21.6. The highest BCUT2D eigenvalue weighted by atomic mass is 32.1. The fourth-order valence-electron chi connectivity index (χ4n) is 4.29. The highest BCUT2D eigenvalue weighted by molar-refractivity contribution is 7.17. The Balaban J connectivity index is 1.50. The van der Waals surface area contributed by atoms with Gasteiger partial charge in [-0.3, -0.25) is 9.69 Å². The van der Waals surface area contributed by atoms with Gasteiger partial charge in [0.2, 0.25) is 16.7 Å². The number of furan rings is 1. The summed E-state index contributed by atoms with van der Waals surface area (Å²) in [6.07, 6.45) is 2.74. The number of hydrogen-bond donors (Lipinski definition) is 1. The van der Waals surface area contributed by atoms with Gasteiger partial charge in [0.05, 0.1) is 29.7 Å². The van der Waals surface area contributed by atoms with E-state index in [0.717, 1.165) is 0 Å². The van der Waals surface area contributed by atoms with E-state index in [1.165, 1.54) is 28.2 Å². The normalized spacial score (nSPS) is 16.3. The first-order valence-electron chi connectivity index (χ1n) is 10.8. The molecule has 1 atom stereocenters. The number of aromatic nitrogens is 3. The lowest BCUT2D eigenvalue weighted by Crippen LogP contribution is -2.39. The third-order valence-corrected chi connectivity index (χ3v) is 6.98. The molecule has 4 aromatic rings. The number of carbonyl (C=O) groups excluding carboxylic acids is 1. The summed E-state index contributed by atoms with van der Waals surface area (Å²) in [5.74, 6) is 0.0658. The number of esters is 1. The zero-order valence-corrected chi connectivity index (χ0v) is 18.8. The standard InChI is InChI=1S/C23H23FN4O4S/c1-2-31-22(30)14-9-11-27(12-10-14)18(15-6-3-4-7-16(15)24)19-21(29)28-23(33-19)25-20(26-28)17-8-5-13-32-17/h3-8,13-14,18,29H,2,9-12H2,1H3. The second-order valence-corrected chi connectivity index (χ2v) is 8.89. The second-order valence-electron chi connectivity index (χ2n) is 7.88. The maximum Gasteiger partial charge on any atom is 0.309 e. The summed E-state index contributed by atoms with van der Waals surface area (Å²) in [5, 5.41) is 15.5. The summed E-state index contributed by atoms with van der Waals surface area (Å²) in [4.78, 5) is 19.8. The molecule has 0 amide bonds. The van der Waals surface area contributed by atoms with Crippen molar-refractivity contribution in [1.29, 1.82) is 0 Å². The maximum atomic E-state index is 14.9. The van der Waals surface area contributed by atoms with Crippen LogP contribution in [0.2, 0.25) is 0 Å². The molecular weight excluding hydrogens is 447 g/mol. The molecule has 1 N–H and O–H groups in total. The second kappa shape index (κ2) is 8.95. The molecule has 1 fully saturated rings. The molecule has 0 bridgehead atoms. The Labute approximate surface area is 193 Å². The molecule has 172 valence electrons. The van der Waals surface area contributed by atoms with Gasteiger partial charge in [-0.2, -0.15) is 9.50 Å². The fourth-order valence-corrected chi connectivity index (χ4v) is 5.40. The smallest absolute Gasteiger partial charge is 0.309 e. The van der Waals surface area contributed by atoms with Gasteiger partial charge in [-0.1, -0.05) is 29.5 Å². The van der Waals surface area contributed by atoms with Crippen molar-refractivity contribution in [2.24, 2.45) is 5.92 Å². The van der Waals surface area contributed by atoms with Gasteiger partial charge in [-0.05, 0) is 51.1 Å². The number of hydrogen-bond acceptors (Lipinski definition) is 8. The van der Waals surface area contributed by atoms with Crippen LogP contribution in [0.3, 0.4) is 0 Å². The maximum absolute atomic E-state index is 14.9. The Morgan fingerprint density at radius 2 is 2.09 bits per heavy atom. The monoisotopic (exact) mass is 470 g/mol. The highest BCUT2D eigenvalue weighted by Crippen LogP contribution is 2.42. The van der Waals surface area contributed by atoms with Crippen molar-refractivity contribution < 1.29 is 23.4 Å². The number of nitrogens with zero attached hydrogens (tertiary/aromatic N) is 4. The third-order valence-electron chi connectivity index (χ3n) is 5.90. The van der Waals surface area contributed by atoms with Crippen LogP contribution in [-0.2, 0) is 9.53 Å². The number of fused-ring (bicyclic) bond motifs is 1. The van der Waals surface area contributed by atoms with Gasteiger partial charge in [-0.15, -0.1) is 5.10 Å². The Morgan fingerprint density at radius 1 is 1.30 bits per heavy atom. The minimum atomic E-state index is -0.532. The Hall–Kier alpha value is -3.24. The quantitative estimate of drug-likeness (QED) is 0.421. The van der Waals surface area contributed by atoms with Crippen LogP contribution in [0.4, 0.5) is 4.39 Å². The molecule has 1 aliphatic rings. The molecular formula is C23H23FN4O4S. The van der Waals surface area contributed by atoms with E-state index in [1.54, 1.807) is 37.3 Å². The topological polar surface area (TPSA) is 93.1 Å². The van der Waals surface area contributed by atoms with Crippen LogP contribution in [0.1, 0.15) is 36.2 Å². The van der Waals surface area contributed by atoms with Crippen molar-refractivity contribution in [1.82, 2.24) is 19.5 Å². The first-order chi connectivity index (χ1) is 16.1. The van der Waals surface area contributed by atoms with Crippen molar-refractivity contribution in [3.05, 3.63) is 58.9 Å². The van der Waals surface area contributed by atoms with Crippen LogP contribution < -0.4 is 0 Å². The third kappa shape index (κ3) is 4.00. The van der Waals surface area contributed by atoms with Gasteiger partial charge in [0.15, 0.2) is 5.76 Å². The van der Waals surface area contributed by atoms with Crippen LogP contribution in [-0.4, -0.2) is 50.3 Å². The number of thiazole rings is 1. The minimum absolute atomic E-state index is 0.0823. The summed E-state index contributed by atoms with van der Waals surface area (Å²) >= 11 is 1.26. The number of ether oxygens (including phenoxy) is 1. The van der Waals surface area contributed by atoms with Gasteiger partial charge >= 0.3 is 5.97 Å². The van der Waals surface area contributed by atoms with E-state index in [4.69, 9.17) is 9.15 Å². The number of aromatic hydroxyl groups is 1. The van der Waals surface area contributed by atoms with Crippen LogP contribution in [0, 0.1) is 11.7 Å². The molecule has 10 heteroatoms. The average molecular weight is 471 g/mol. The summed E-state index contributed by atoms with van der Waals surface area (Å²) in [7, 11) is 0. The fraction of sp³-hybridized carbons (Fsp3) is 0.348. The molecule has 0 saturated carbocycles. The average Bonchev–Trinajstić information content (AvgIpc) is 3.55. The Bertz CT molecular complexity index is 1260. The number of likely N-dealkylation sites (tertiary alicyclic amines) is 1. The van der Waals surface area contributed by atoms with E-state index in [2.05, 4.69) is 15.0 Å². The number of benzene rings is 1. The number of piperidine rings is 1. The molecule has 0 radical (unpaired) electrons. The molecule has 0 aliphatic carbocycles. The van der Waals surface area contributed by atoms with E-state index >= 15 is 0 Å². The zero-order chi connectivity index (χ0) is 22.9. The van der Waals surface area contributed by atoms with Crippen LogP contribution in [0.15, 0.2) is 47.1 Å². The van der Waals surface area contributed by atoms with Crippen LogP contribution >= 0.6 is 11.3 Å². The summed E-state index contributed by atoms with van der Waals surface area (Å²) in [6, 6.07) is 9.51. The Kier molecular flexibility index (Phi) is 5.86. The lowest BCUT2D eigenvalue weighted by molar-refractivity contribution is -0.149. The van der Waals surface area contributed by atoms with Gasteiger partial charge < -0.3 is 14.3 Å². The molecule has 33 heavy (non-hydrogen) atoms. The van der Waals surface area contributed by atoms with Crippen molar-refractivity contribution in [3.8, 4) is 17.5 Å². The van der Waals surface area contributed by atoms with Crippen molar-refractivity contribution in [2.75, 3.05) is 19.7 Å². The Morgan fingerprint density at radius 3 is 2.76 bits per heavy atom. The molecule has 1 aromatic carbocycles. The summed E-state index contributed by atoms with van der Waals surface area (Å²) < 4.78 is 26.8. The van der Waals surface area contributed by atoms with Crippen LogP contribution in [0.5, 0.6) is 5.88 Å². The number of carbonyl (C=O) groups is 1. The molecule has 3 aromatic heterocycles. The first-order valence-corrected chi connectivity index (χ1v) is 11.7. The lowest BCUT2D eigenvalue weighted by atomic mass is 9.93. The van der Waals surface area contributed by atoms with Crippen molar-refractivity contribution in [2.45, 2.75) is 25.8 Å². The molecule has 8 nitrogen and oxygen atoms in total. The summed E-state index contributed by atoms with van der Waals surface area (Å²) in [6.45, 7) is 3.27. The van der Waals surface area contributed by atoms with Gasteiger partial charge in [0.1, 0.15) is 5.82 Å². The molecule has 1 unspecified atom stereocenters. The lowest BCUT2D eigenvalue weighted by Gasteiger charge is -2.36. The number of halogens is 1.